The van der Waals surface area contributed by atoms with Crippen LogP contribution in [0.15, 0.2) is 42.5 Å². The maximum absolute atomic E-state index is 13.1. The summed E-state index contributed by atoms with van der Waals surface area (Å²) < 4.78 is 44.6. The number of hydrogen-bond acceptors (Lipinski definition) is 5. The lowest BCUT2D eigenvalue weighted by molar-refractivity contribution is -0.138. The Kier molecular flexibility index (Phi) is 6.35. The van der Waals surface area contributed by atoms with Crippen molar-refractivity contribution in [2.75, 3.05) is 7.11 Å². The van der Waals surface area contributed by atoms with Crippen molar-refractivity contribution < 1.29 is 32.3 Å². The highest BCUT2D eigenvalue weighted by molar-refractivity contribution is 8.15. The van der Waals surface area contributed by atoms with Gasteiger partial charge in [-0.05, 0) is 35.7 Å². The first-order valence-corrected chi connectivity index (χ1v) is 9.68. The number of hydrogen-bond donors (Lipinski definition) is 2. The van der Waals surface area contributed by atoms with Crippen molar-refractivity contribution in [2.45, 2.75) is 24.4 Å². The lowest BCUT2D eigenvalue weighted by Crippen LogP contribution is -2.26. The molecule has 2 aromatic carbocycles. The third-order valence-electron chi connectivity index (χ3n) is 4.46. The fraction of sp³-hybridized carbons (Fsp3) is 0.250. The molecule has 0 radical (unpaired) electrons. The average molecular weight is 438 g/mol. The van der Waals surface area contributed by atoms with E-state index in [0.29, 0.717) is 5.56 Å². The Morgan fingerprint density at radius 3 is 2.57 bits per heavy atom. The lowest BCUT2D eigenvalue weighted by atomic mass is 10.0. The highest BCUT2D eigenvalue weighted by Gasteiger charge is 2.33. The van der Waals surface area contributed by atoms with Gasteiger partial charge in [0, 0.05) is 6.54 Å². The van der Waals surface area contributed by atoms with Gasteiger partial charge in [-0.2, -0.15) is 13.2 Å². The molecule has 0 spiro atoms. The normalized spacial score (nSPS) is 16.3. The Balaban J connectivity index is 1.77. The zero-order valence-electron chi connectivity index (χ0n) is 15.7. The summed E-state index contributed by atoms with van der Waals surface area (Å²) in [6, 6.07) is 9.68. The van der Waals surface area contributed by atoms with E-state index in [-0.39, 0.29) is 29.8 Å². The molecule has 1 fully saturated rings. The average Bonchev–Trinajstić information content (AvgIpc) is 3.02. The number of alkyl halides is 3. The molecule has 3 rings (SSSR count). The van der Waals surface area contributed by atoms with E-state index >= 15 is 0 Å². The smallest absolute Gasteiger partial charge is 0.416 e. The van der Waals surface area contributed by atoms with Crippen LogP contribution in [0, 0.1) is 0 Å². The van der Waals surface area contributed by atoms with Crippen molar-refractivity contribution in [3.63, 3.8) is 0 Å². The molecule has 2 aromatic rings. The topological polar surface area (TPSA) is 84.5 Å². The molecule has 10 heteroatoms. The van der Waals surface area contributed by atoms with Gasteiger partial charge in [0.1, 0.15) is 5.75 Å². The quantitative estimate of drug-likeness (QED) is 0.721. The van der Waals surface area contributed by atoms with Crippen LogP contribution in [0.3, 0.4) is 0 Å². The molecule has 158 valence electrons. The first-order chi connectivity index (χ1) is 14.2. The number of benzene rings is 2. The minimum atomic E-state index is -4.53. The number of halogens is 3. The van der Waals surface area contributed by atoms with Gasteiger partial charge in [-0.3, -0.25) is 19.7 Å². The molecule has 0 saturated carbocycles. The predicted molar refractivity (Wildman–Crippen MR) is 104 cm³/mol. The van der Waals surface area contributed by atoms with Crippen LogP contribution in [-0.4, -0.2) is 29.4 Å². The first-order valence-electron chi connectivity index (χ1n) is 8.80. The lowest BCUT2D eigenvalue weighted by Gasteiger charge is -2.15. The van der Waals surface area contributed by atoms with Crippen molar-refractivity contribution >= 4 is 28.8 Å². The van der Waals surface area contributed by atoms with Gasteiger partial charge in [0.05, 0.1) is 23.5 Å². The van der Waals surface area contributed by atoms with Crippen LogP contribution in [0.4, 0.5) is 18.0 Å². The summed E-state index contributed by atoms with van der Waals surface area (Å²) in [5.74, 6) is -0.791. The minimum absolute atomic E-state index is 0.0639. The van der Waals surface area contributed by atoms with E-state index in [0.717, 1.165) is 17.8 Å². The summed E-state index contributed by atoms with van der Waals surface area (Å²) in [4.78, 5) is 35.7. The van der Waals surface area contributed by atoms with Gasteiger partial charge in [0.25, 0.3) is 11.1 Å². The molecule has 3 amide bonds. The van der Waals surface area contributed by atoms with Gasteiger partial charge in [-0.15, -0.1) is 0 Å². The predicted octanol–water partition coefficient (Wildman–Crippen LogP) is 3.54. The summed E-state index contributed by atoms with van der Waals surface area (Å²) >= 11 is 0.866. The zero-order chi connectivity index (χ0) is 21.9. The monoisotopic (exact) mass is 438 g/mol. The molecule has 1 heterocycles. The van der Waals surface area contributed by atoms with E-state index in [2.05, 4.69) is 10.6 Å². The summed E-state index contributed by atoms with van der Waals surface area (Å²) in [6.45, 7) is -0.322. The van der Waals surface area contributed by atoms with Crippen LogP contribution in [0.25, 0.3) is 0 Å². The molecule has 1 aliphatic rings. The fourth-order valence-corrected chi connectivity index (χ4v) is 3.88. The molecule has 1 unspecified atom stereocenters. The largest absolute Gasteiger partial charge is 0.496 e. The number of carbonyl (C=O) groups excluding carboxylic acids is 3. The summed E-state index contributed by atoms with van der Waals surface area (Å²) in [5.41, 5.74) is -0.154. The molecule has 0 aromatic heterocycles. The van der Waals surface area contributed by atoms with Gasteiger partial charge in [-0.1, -0.05) is 36.0 Å². The molecular weight excluding hydrogens is 421 g/mol. The van der Waals surface area contributed by atoms with Gasteiger partial charge in [0.2, 0.25) is 5.91 Å². The van der Waals surface area contributed by atoms with Gasteiger partial charge in [0.15, 0.2) is 0 Å². The van der Waals surface area contributed by atoms with Crippen molar-refractivity contribution in [3.8, 4) is 5.75 Å². The van der Waals surface area contributed by atoms with Crippen molar-refractivity contribution in [1.29, 1.82) is 0 Å². The van der Waals surface area contributed by atoms with E-state index in [1.54, 1.807) is 6.07 Å². The second-order valence-corrected chi connectivity index (χ2v) is 7.64. The van der Waals surface area contributed by atoms with E-state index in [1.165, 1.54) is 37.4 Å². The second kappa shape index (κ2) is 8.78. The molecule has 0 aliphatic carbocycles. The number of imide groups is 1. The molecule has 0 bridgehead atoms. The Morgan fingerprint density at radius 2 is 1.93 bits per heavy atom. The minimum Gasteiger partial charge on any atom is -0.496 e. The highest BCUT2D eigenvalue weighted by Crippen LogP contribution is 2.32. The van der Waals surface area contributed by atoms with Crippen LogP contribution in [0.2, 0.25) is 0 Å². The fourth-order valence-electron chi connectivity index (χ4n) is 3.02. The number of thioether (sulfide) groups is 1. The van der Waals surface area contributed by atoms with Gasteiger partial charge in [-0.25, -0.2) is 0 Å². The summed E-state index contributed by atoms with van der Waals surface area (Å²) in [7, 11) is 1.36. The highest BCUT2D eigenvalue weighted by atomic mass is 32.2. The van der Waals surface area contributed by atoms with E-state index in [4.69, 9.17) is 4.74 Å². The van der Waals surface area contributed by atoms with Crippen LogP contribution < -0.4 is 15.4 Å². The Bertz CT molecular complexity index is 994. The first kappa shape index (κ1) is 21.7. The second-order valence-electron chi connectivity index (χ2n) is 6.46. The molecular formula is C20H17F3N2O4S. The Hall–Kier alpha value is -3.01. The van der Waals surface area contributed by atoms with Crippen molar-refractivity contribution in [2.24, 2.45) is 0 Å². The third-order valence-corrected chi connectivity index (χ3v) is 5.44. The number of methoxy groups -OCH3 is 1. The standard InChI is InChI=1S/C20H17F3N2O4S/c1-29-15-7-6-11(9-16-18(27)25-19(28)30-16)8-13(15)17(26)24-10-12-4-2-3-5-14(12)20(21,22)23/h2-8,16H,9-10H2,1H3,(H,24,26)(H,25,27,28). The molecule has 2 N–H and O–H groups in total. The molecule has 1 atom stereocenters. The van der Waals surface area contributed by atoms with Crippen LogP contribution >= 0.6 is 11.8 Å². The SMILES string of the molecule is COc1ccc(CC2SC(=O)NC2=O)cc1C(=O)NCc1ccccc1C(F)(F)F. The molecule has 1 saturated heterocycles. The zero-order valence-corrected chi connectivity index (χ0v) is 16.5. The number of carbonyl (C=O) groups is 3. The van der Waals surface area contributed by atoms with Crippen LogP contribution in [0.5, 0.6) is 5.75 Å². The molecule has 30 heavy (non-hydrogen) atoms. The van der Waals surface area contributed by atoms with E-state index < -0.39 is 34.0 Å². The maximum atomic E-state index is 13.1. The van der Waals surface area contributed by atoms with Gasteiger partial charge < -0.3 is 10.1 Å². The number of rotatable bonds is 6. The van der Waals surface area contributed by atoms with Crippen molar-refractivity contribution in [3.05, 3.63) is 64.7 Å². The van der Waals surface area contributed by atoms with Crippen molar-refractivity contribution in [1.82, 2.24) is 10.6 Å². The van der Waals surface area contributed by atoms with Crippen LogP contribution in [-0.2, 0) is 23.9 Å². The van der Waals surface area contributed by atoms with E-state index in [1.807, 2.05) is 0 Å². The van der Waals surface area contributed by atoms with E-state index in [9.17, 15) is 27.6 Å². The number of nitrogens with one attached hydrogen (secondary N) is 2. The Morgan fingerprint density at radius 1 is 1.20 bits per heavy atom. The Labute approximate surface area is 174 Å². The maximum Gasteiger partial charge on any atom is 0.416 e. The number of amides is 3. The number of ether oxygens (including phenoxy) is 1. The molecule has 1 aliphatic heterocycles. The molecule has 6 nitrogen and oxygen atoms in total. The van der Waals surface area contributed by atoms with Gasteiger partial charge >= 0.3 is 6.18 Å². The summed E-state index contributed by atoms with van der Waals surface area (Å²) in [6.07, 6.45) is -4.32. The van der Waals surface area contributed by atoms with Crippen LogP contribution in [0.1, 0.15) is 27.0 Å². The summed E-state index contributed by atoms with van der Waals surface area (Å²) in [5, 5.41) is 3.63. The third kappa shape index (κ3) is 4.93.